The van der Waals surface area contributed by atoms with Crippen LogP contribution in [0.4, 0.5) is 8.78 Å². The van der Waals surface area contributed by atoms with Gasteiger partial charge in [-0.25, -0.2) is 0 Å². The normalized spacial score (nSPS) is 9.95. The summed E-state index contributed by atoms with van der Waals surface area (Å²) in [6.07, 6.45) is 0.117. The zero-order valence-corrected chi connectivity index (χ0v) is 10.6. The first-order chi connectivity index (χ1) is 9.51. The molecule has 0 N–H and O–H groups in total. The second kappa shape index (κ2) is 7.19. The van der Waals surface area contributed by atoms with Crippen LogP contribution >= 0.6 is 0 Å². The number of benzene rings is 1. The molecule has 1 aromatic carbocycles. The van der Waals surface area contributed by atoms with Gasteiger partial charge in [-0.3, -0.25) is 9.59 Å². The molecule has 0 heterocycles. The molecule has 0 spiro atoms. The molecular formula is C13H11F2NO4. The van der Waals surface area contributed by atoms with Crippen molar-refractivity contribution in [3.8, 4) is 11.8 Å². The number of aldehydes is 1. The highest BCUT2D eigenvalue weighted by Crippen LogP contribution is 2.26. The van der Waals surface area contributed by atoms with Crippen LogP contribution in [0.2, 0.25) is 0 Å². The van der Waals surface area contributed by atoms with E-state index in [4.69, 9.17) is 10.00 Å². The standard InChI is InChI=1S/C13H11F2NO4/c1-2-19-11(18)5-8-3-9(6-16)12(20-13(14)15)10(4-8)7-17/h3-4,7,13H,2,5H2,1H3. The Morgan fingerprint density at radius 3 is 2.70 bits per heavy atom. The lowest BCUT2D eigenvalue weighted by Gasteiger charge is -2.11. The maximum Gasteiger partial charge on any atom is 0.387 e. The Labute approximate surface area is 113 Å². The summed E-state index contributed by atoms with van der Waals surface area (Å²) in [6.45, 7) is -1.33. The Morgan fingerprint density at radius 2 is 2.20 bits per heavy atom. The minimum atomic E-state index is -3.16. The molecule has 0 aliphatic heterocycles. The largest absolute Gasteiger partial charge is 0.466 e. The predicted molar refractivity (Wildman–Crippen MR) is 63.5 cm³/mol. The van der Waals surface area contributed by atoms with E-state index in [2.05, 4.69) is 4.74 Å². The van der Waals surface area contributed by atoms with E-state index >= 15 is 0 Å². The zero-order valence-electron chi connectivity index (χ0n) is 10.6. The fraction of sp³-hybridized carbons (Fsp3) is 0.308. The number of hydrogen-bond acceptors (Lipinski definition) is 5. The second-order valence-corrected chi connectivity index (χ2v) is 3.65. The van der Waals surface area contributed by atoms with Gasteiger partial charge in [0.05, 0.1) is 24.2 Å². The highest BCUT2D eigenvalue weighted by Gasteiger charge is 2.17. The summed E-state index contributed by atoms with van der Waals surface area (Å²) in [5.74, 6) is -1.04. The van der Waals surface area contributed by atoms with Crippen LogP contribution in [-0.2, 0) is 16.0 Å². The lowest BCUT2D eigenvalue weighted by atomic mass is 10.0. The van der Waals surface area contributed by atoms with Crippen molar-refractivity contribution in [2.75, 3.05) is 6.61 Å². The van der Waals surface area contributed by atoms with Crippen molar-refractivity contribution >= 4 is 12.3 Å². The monoisotopic (exact) mass is 283 g/mol. The highest BCUT2D eigenvalue weighted by atomic mass is 19.3. The van der Waals surface area contributed by atoms with Crippen molar-refractivity contribution in [1.82, 2.24) is 0 Å². The molecule has 0 bridgehead atoms. The minimum absolute atomic E-state index is 0.168. The van der Waals surface area contributed by atoms with Crippen LogP contribution in [0, 0.1) is 11.3 Å². The number of carbonyl (C=O) groups is 2. The summed E-state index contributed by atoms with van der Waals surface area (Å²) in [5, 5.41) is 8.91. The molecule has 106 valence electrons. The molecule has 0 saturated carbocycles. The fourth-order valence-corrected chi connectivity index (χ4v) is 1.59. The van der Waals surface area contributed by atoms with E-state index in [9.17, 15) is 18.4 Å². The number of alkyl halides is 2. The van der Waals surface area contributed by atoms with Gasteiger partial charge in [0.25, 0.3) is 0 Å². The molecule has 0 aromatic heterocycles. The number of hydrogen-bond donors (Lipinski definition) is 0. The molecule has 20 heavy (non-hydrogen) atoms. The van der Waals surface area contributed by atoms with Crippen LogP contribution in [0.3, 0.4) is 0 Å². The fourth-order valence-electron chi connectivity index (χ4n) is 1.59. The molecule has 7 heteroatoms. The topological polar surface area (TPSA) is 76.4 Å². The molecule has 0 aliphatic carbocycles. The van der Waals surface area contributed by atoms with E-state index in [0.29, 0.717) is 5.56 Å². The second-order valence-electron chi connectivity index (χ2n) is 3.65. The number of nitriles is 1. The quantitative estimate of drug-likeness (QED) is 0.590. The van der Waals surface area contributed by atoms with E-state index in [1.54, 1.807) is 13.0 Å². The van der Waals surface area contributed by atoms with Gasteiger partial charge in [-0.1, -0.05) is 0 Å². The van der Waals surface area contributed by atoms with Crippen LogP contribution in [-0.4, -0.2) is 25.5 Å². The van der Waals surface area contributed by atoms with Crippen molar-refractivity contribution < 1.29 is 27.8 Å². The molecule has 1 aromatic rings. The van der Waals surface area contributed by atoms with Crippen LogP contribution < -0.4 is 4.74 Å². The summed E-state index contributed by atoms with van der Waals surface area (Å²) in [4.78, 5) is 22.2. The molecule has 0 saturated heterocycles. The Hall–Kier alpha value is -2.49. The summed E-state index contributed by atoms with van der Waals surface area (Å²) in [5.41, 5.74) is -0.151. The van der Waals surface area contributed by atoms with E-state index in [1.807, 2.05) is 0 Å². The number of carbonyl (C=O) groups excluding carboxylic acids is 2. The zero-order chi connectivity index (χ0) is 15.1. The summed E-state index contributed by atoms with van der Waals surface area (Å²) < 4.78 is 33.4. The average molecular weight is 283 g/mol. The number of rotatable bonds is 6. The first-order valence-corrected chi connectivity index (χ1v) is 5.64. The average Bonchev–Trinajstić information content (AvgIpc) is 2.39. The molecule has 0 atom stereocenters. The molecular weight excluding hydrogens is 272 g/mol. The maximum absolute atomic E-state index is 12.2. The van der Waals surface area contributed by atoms with Gasteiger partial charge in [0.15, 0.2) is 12.0 Å². The Kier molecular flexibility index (Phi) is 5.59. The van der Waals surface area contributed by atoms with Crippen LogP contribution in [0.15, 0.2) is 12.1 Å². The summed E-state index contributed by atoms with van der Waals surface area (Å²) >= 11 is 0. The highest BCUT2D eigenvalue weighted by molar-refractivity contribution is 5.83. The van der Waals surface area contributed by atoms with Crippen molar-refractivity contribution in [2.45, 2.75) is 20.0 Å². The Morgan fingerprint density at radius 1 is 1.50 bits per heavy atom. The van der Waals surface area contributed by atoms with Crippen molar-refractivity contribution in [2.24, 2.45) is 0 Å². The number of esters is 1. The number of ether oxygens (including phenoxy) is 2. The summed E-state index contributed by atoms with van der Waals surface area (Å²) in [6, 6.07) is 4.07. The Bertz CT molecular complexity index is 552. The van der Waals surface area contributed by atoms with Crippen molar-refractivity contribution in [3.63, 3.8) is 0 Å². The molecule has 5 nitrogen and oxygen atoms in total. The molecule has 0 unspecified atom stereocenters. The third-order valence-electron chi connectivity index (χ3n) is 2.29. The van der Waals surface area contributed by atoms with E-state index in [-0.39, 0.29) is 30.4 Å². The van der Waals surface area contributed by atoms with Gasteiger partial charge in [-0.15, -0.1) is 0 Å². The molecule has 0 fully saturated rings. The Balaban J connectivity index is 3.16. The van der Waals surface area contributed by atoms with Gasteiger partial charge in [0.2, 0.25) is 0 Å². The van der Waals surface area contributed by atoms with E-state index < -0.39 is 18.3 Å². The summed E-state index contributed by atoms with van der Waals surface area (Å²) in [7, 11) is 0. The smallest absolute Gasteiger partial charge is 0.387 e. The third kappa shape index (κ3) is 4.02. The third-order valence-corrected chi connectivity index (χ3v) is 2.29. The van der Waals surface area contributed by atoms with Crippen LogP contribution in [0.1, 0.15) is 28.4 Å². The van der Waals surface area contributed by atoms with Crippen LogP contribution in [0.25, 0.3) is 0 Å². The van der Waals surface area contributed by atoms with Gasteiger partial charge >= 0.3 is 12.6 Å². The first-order valence-electron chi connectivity index (χ1n) is 5.64. The van der Waals surface area contributed by atoms with Gasteiger partial charge in [0, 0.05) is 0 Å². The minimum Gasteiger partial charge on any atom is -0.466 e. The lowest BCUT2D eigenvalue weighted by Crippen LogP contribution is -2.10. The molecule has 1 rings (SSSR count). The molecule has 0 amide bonds. The van der Waals surface area contributed by atoms with Gasteiger partial charge in [-0.2, -0.15) is 14.0 Å². The molecule has 0 aliphatic rings. The van der Waals surface area contributed by atoms with Gasteiger partial charge in [0.1, 0.15) is 6.07 Å². The van der Waals surface area contributed by atoms with E-state index in [0.717, 1.165) is 0 Å². The van der Waals surface area contributed by atoms with Gasteiger partial charge < -0.3 is 9.47 Å². The van der Waals surface area contributed by atoms with Crippen LogP contribution in [0.5, 0.6) is 5.75 Å². The lowest BCUT2D eigenvalue weighted by molar-refractivity contribution is -0.142. The first kappa shape index (κ1) is 15.6. The number of nitrogens with zero attached hydrogens (tertiary/aromatic N) is 1. The van der Waals surface area contributed by atoms with E-state index in [1.165, 1.54) is 12.1 Å². The van der Waals surface area contributed by atoms with Gasteiger partial charge in [-0.05, 0) is 24.6 Å². The predicted octanol–water partition coefficient (Wildman–Crippen LogP) is 2.08. The molecule has 0 radical (unpaired) electrons. The maximum atomic E-state index is 12.2. The SMILES string of the molecule is CCOC(=O)Cc1cc(C#N)c(OC(F)F)c(C=O)c1. The van der Waals surface area contributed by atoms with Crippen molar-refractivity contribution in [1.29, 1.82) is 5.26 Å². The number of halogens is 2. The van der Waals surface area contributed by atoms with Crippen molar-refractivity contribution in [3.05, 3.63) is 28.8 Å².